The van der Waals surface area contributed by atoms with E-state index in [9.17, 15) is 4.79 Å². The molecule has 1 aromatic heterocycles. The molecule has 0 saturated heterocycles. The second-order valence-electron chi connectivity index (χ2n) is 3.88. The maximum absolute atomic E-state index is 10.7. The van der Waals surface area contributed by atoms with Gasteiger partial charge in [0.05, 0.1) is 6.20 Å². The first-order valence-corrected chi connectivity index (χ1v) is 5.64. The summed E-state index contributed by atoms with van der Waals surface area (Å²) in [5, 5.41) is 3.13. The maximum atomic E-state index is 10.7. The molecule has 0 saturated carbocycles. The lowest BCUT2D eigenvalue weighted by atomic mass is 10.1. The van der Waals surface area contributed by atoms with Crippen molar-refractivity contribution in [2.75, 3.05) is 5.32 Å². The fourth-order valence-corrected chi connectivity index (χ4v) is 1.53. The first kappa shape index (κ1) is 12.0. The number of nitrogens with one attached hydrogen (secondary N) is 1. The lowest BCUT2D eigenvalue weighted by molar-refractivity contribution is -0.117. The van der Waals surface area contributed by atoms with Gasteiger partial charge in [0.25, 0.3) is 0 Å². The molecule has 0 aliphatic rings. The van der Waals surface area contributed by atoms with Crippen LogP contribution < -0.4 is 11.1 Å². The van der Waals surface area contributed by atoms with Crippen molar-refractivity contribution in [1.29, 1.82) is 0 Å². The smallest absolute Gasteiger partial charge is 0.217 e. The second kappa shape index (κ2) is 5.77. The predicted molar refractivity (Wildman–Crippen MR) is 69.3 cm³/mol. The van der Waals surface area contributed by atoms with Crippen molar-refractivity contribution < 1.29 is 4.79 Å². The van der Waals surface area contributed by atoms with E-state index in [-0.39, 0.29) is 5.91 Å². The molecule has 0 aliphatic heterocycles. The molecule has 0 spiro atoms. The highest BCUT2D eigenvalue weighted by Crippen LogP contribution is 2.14. The normalized spacial score (nSPS) is 10.0. The van der Waals surface area contributed by atoms with Crippen LogP contribution in [0.1, 0.15) is 12.0 Å². The molecule has 1 aromatic carbocycles. The molecule has 5 heteroatoms. The fourth-order valence-electron chi connectivity index (χ4n) is 1.53. The van der Waals surface area contributed by atoms with Crippen LogP contribution in [0.15, 0.2) is 42.9 Å². The molecular weight excluding hydrogens is 228 g/mol. The van der Waals surface area contributed by atoms with E-state index in [2.05, 4.69) is 15.3 Å². The zero-order valence-electron chi connectivity index (χ0n) is 9.84. The van der Waals surface area contributed by atoms with Crippen molar-refractivity contribution >= 4 is 17.4 Å². The molecule has 2 aromatic rings. The van der Waals surface area contributed by atoms with E-state index in [0.717, 1.165) is 11.3 Å². The predicted octanol–water partition coefficient (Wildman–Crippen LogP) is 1.64. The van der Waals surface area contributed by atoms with Gasteiger partial charge in [-0.2, -0.15) is 0 Å². The van der Waals surface area contributed by atoms with Gasteiger partial charge in [-0.15, -0.1) is 0 Å². The highest BCUT2D eigenvalue weighted by atomic mass is 16.1. The number of anilines is 2. The summed E-state index contributed by atoms with van der Waals surface area (Å²) in [6.45, 7) is 0. The van der Waals surface area contributed by atoms with E-state index in [4.69, 9.17) is 5.73 Å². The van der Waals surface area contributed by atoms with E-state index in [1.165, 1.54) is 0 Å². The molecule has 5 nitrogen and oxygen atoms in total. The van der Waals surface area contributed by atoms with Crippen molar-refractivity contribution in [3.8, 4) is 0 Å². The van der Waals surface area contributed by atoms with Gasteiger partial charge in [-0.1, -0.05) is 12.1 Å². The maximum Gasteiger partial charge on any atom is 0.217 e. The number of nitrogens with zero attached hydrogens (tertiary/aromatic N) is 2. The third-order valence-corrected chi connectivity index (χ3v) is 2.45. The molecule has 0 unspecified atom stereocenters. The molecule has 0 aliphatic carbocycles. The lowest BCUT2D eigenvalue weighted by Gasteiger charge is -2.05. The monoisotopic (exact) mass is 242 g/mol. The van der Waals surface area contributed by atoms with E-state index in [0.29, 0.717) is 18.7 Å². The molecule has 1 amide bonds. The molecule has 2 rings (SSSR count). The number of benzene rings is 1. The van der Waals surface area contributed by atoms with Crippen molar-refractivity contribution in [3.05, 3.63) is 48.4 Å². The van der Waals surface area contributed by atoms with Crippen LogP contribution in [-0.2, 0) is 11.2 Å². The highest BCUT2D eigenvalue weighted by molar-refractivity contribution is 5.74. The van der Waals surface area contributed by atoms with Gasteiger partial charge in [-0.3, -0.25) is 9.78 Å². The fraction of sp³-hybridized carbons (Fsp3) is 0.154. The van der Waals surface area contributed by atoms with Crippen molar-refractivity contribution in [1.82, 2.24) is 9.97 Å². The zero-order chi connectivity index (χ0) is 12.8. The average Bonchev–Trinajstić information content (AvgIpc) is 2.39. The molecule has 3 N–H and O–H groups in total. The number of carbonyl (C=O) groups excluding carboxylic acids is 1. The van der Waals surface area contributed by atoms with Crippen LogP contribution in [0.4, 0.5) is 11.5 Å². The topological polar surface area (TPSA) is 80.9 Å². The average molecular weight is 242 g/mol. The summed E-state index contributed by atoms with van der Waals surface area (Å²) in [7, 11) is 0. The molecule has 0 radical (unpaired) electrons. The number of carbonyl (C=O) groups is 1. The summed E-state index contributed by atoms with van der Waals surface area (Å²) >= 11 is 0. The Hall–Kier alpha value is -2.43. The summed E-state index contributed by atoms with van der Waals surface area (Å²) in [4.78, 5) is 18.8. The number of aryl methyl sites for hydroxylation is 1. The second-order valence-corrected chi connectivity index (χ2v) is 3.88. The number of hydrogen-bond acceptors (Lipinski definition) is 4. The highest BCUT2D eigenvalue weighted by Gasteiger charge is 1.99. The van der Waals surface area contributed by atoms with Crippen LogP contribution >= 0.6 is 0 Å². The van der Waals surface area contributed by atoms with E-state index < -0.39 is 0 Å². The van der Waals surface area contributed by atoms with Crippen LogP contribution in [0.3, 0.4) is 0 Å². The Bertz CT molecular complexity index is 510. The summed E-state index contributed by atoms with van der Waals surface area (Å²) in [6, 6.07) is 7.79. The molecule has 92 valence electrons. The SMILES string of the molecule is NC(=O)CCc1ccc(Nc2cnccn2)cc1. The molecular formula is C13H14N4O. The largest absolute Gasteiger partial charge is 0.370 e. The summed E-state index contributed by atoms with van der Waals surface area (Å²) in [6.07, 6.45) is 5.94. The van der Waals surface area contributed by atoms with Crippen LogP contribution in [0.25, 0.3) is 0 Å². The summed E-state index contributed by atoms with van der Waals surface area (Å²) < 4.78 is 0. The van der Waals surface area contributed by atoms with Gasteiger partial charge >= 0.3 is 0 Å². The summed E-state index contributed by atoms with van der Waals surface area (Å²) in [5.74, 6) is 0.416. The third kappa shape index (κ3) is 3.55. The Balaban J connectivity index is 1.97. The van der Waals surface area contributed by atoms with Crippen LogP contribution in [0, 0.1) is 0 Å². The Morgan fingerprint density at radius 2 is 2.00 bits per heavy atom. The van der Waals surface area contributed by atoms with Gasteiger partial charge in [-0.25, -0.2) is 4.98 Å². The van der Waals surface area contributed by atoms with Gasteiger partial charge < -0.3 is 11.1 Å². The third-order valence-electron chi connectivity index (χ3n) is 2.45. The van der Waals surface area contributed by atoms with Gasteiger partial charge in [0.1, 0.15) is 5.82 Å². The summed E-state index contributed by atoms with van der Waals surface area (Å²) in [5.41, 5.74) is 7.12. The van der Waals surface area contributed by atoms with E-state index in [1.54, 1.807) is 18.6 Å². The Kier molecular flexibility index (Phi) is 3.86. The first-order chi connectivity index (χ1) is 8.74. The van der Waals surface area contributed by atoms with Gasteiger partial charge in [0.15, 0.2) is 0 Å². The number of primary amides is 1. The molecule has 1 heterocycles. The van der Waals surface area contributed by atoms with Crippen molar-refractivity contribution in [3.63, 3.8) is 0 Å². The minimum atomic E-state index is -0.281. The number of hydrogen-bond donors (Lipinski definition) is 2. The molecule has 0 bridgehead atoms. The van der Waals surface area contributed by atoms with Crippen LogP contribution in [0.5, 0.6) is 0 Å². The number of rotatable bonds is 5. The molecule has 0 fully saturated rings. The van der Waals surface area contributed by atoms with E-state index >= 15 is 0 Å². The minimum absolute atomic E-state index is 0.281. The van der Waals surface area contributed by atoms with Crippen molar-refractivity contribution in [2.24, 2.45) is 5.73 Å². The van der Waals surface area contributed by atoms with Gasteiger partial charge in [0.2, 0.25) is 5.91 Å². The van der Waals surface area contributed by atoms with Gasteiger partial charge in [-0.05, 0) is 24.1 Å². The van der Waals surface area contributed by atoms with Crippen LogP contribution in [-0.4, -0.2) is 15.9 Å². The van der Waals surface area contributed by atoms with Crippen molar-refractivity contribution in [2.45, 2.75) is 12.8 Å². The number of nitrogens with two attached hydrogens (primary N) is 1. The lowest BCUT2D eigenvalue weighted by Crippen LogP contribution is -2.11. The Labute approximate surface area is 105 Å². The number of amides is 1. The number of aromatic nitrogens is 2. The standard InChI is InChI=1S/C13H14N4O/c14-12(18)6-3-10-1-4-11(5-2-10)17-13-9-15-7-8-16-13/h1-2,4-5,7-9H,3,6H2,(H2,14,18)(H,16,17). The zero-order valence-corrected chi connectivity index (χ0v) is 9.84. The molecule has 0 atom stereocenters. The van der Waals surface area contributed by atoms with Crippen LogP contribution in [0.2, 0.25) is 0 Å². The Morgan fingerprint density at radius 3 is 2.61 bits per heavy atom. The Morgan fingerprint density at radius 1 is 1.22 bits per heavy atom. The van der Waals surface area contributed by atoms with E-state index in [1.807, 2.05) is 24.3 Å². The minimum Gasteiger partial charge on any atom is -0.370 e. The van der Waals surface area contributed by atoms with Gasteiger partial charge in [0, 0.05) is 24.5 Å². The quantitative estimate of drug-likeness (QED) is 0.835. The molecule has 18 heavy (non-hydrogen) atoms. The first-order valence-electron chi connectivity index (χ1n) is 5.64.